The lowest BCUT2D eigenvalue weighted by Gasteiger charge is -2.10. The van der Waals surface area contributed by atoms with Gasteiger partial charge in [0.15, 0.2) is 0 Å². The molecule has 5 heteroatoms. The summed E-state index contributed by atoms with van der Waals surface area (Å²) in [6, 6.07) is 10.0. The highest BCUT2D eigenvalue weighted by molar-refractivity contribution is 6.58. The van der Waals surface area contributed by atoms with Crippen LogP contribution in [0.1, 0.15) is 23.1 Å². The summed E-state index contributed by atoms with van der Waals surface area (Å²) < 4.78 is 19.0. The zero-order chi connectivity index (χ0) is 14.8. The lowest BCUT2D eigenvalue weighted by atomic mass is 9.80. The van der Waals surface area contributed by atoms with E-state index in [2.05, 4.69) is 12.1 Å². The summed E-state index contributed by atoms with van der Waals surface area (Å²) in [6.07, 6.45) is 3.43. The van der Waals surface area contributed by atoms with Crippen molar-refractivity contribution in [3.63, 3.8) is 0 Å². The van der Waals surface area contributed by atoms with Crippen LogP contribution in [0.3, 0.4) is 0 Å². The van der Waals surface area contributed by atoms with Gasteiger partial charge < -0.3 is 14.8 Å². The van der Waals surface area contributed by atoms with E-state index in [0.29, 0.717) is 12.4 Å². The second kappa shape index (κ2) is 5.88. The summed E-state index contributed by atoms with van der Waals surface area (Å²) in [5.74, 6) is -0.261. The van der Waals surface area contributed by atoms with Crippen LogP contribution >= 0.6 is 0 Å². The smallest absolute Gasteiger partial charge is 0.488 e. The van der Waals surface area contributed by atoms with Gasteiger partial charge in [0.05, 0.1) is 0 Å². The molecule has 0 aliphatic heterocycles. The van der Waals surface area contributed by atoms with Crippen LogP contribution in [-0.4, -0.2) is 17.2 Å². The van der Waals surface area contributed by atoms with Gasteiger partial charge in [-0.1, -0.05) is 18.2 Å². The highest BCUT2D eigenvalue weighted by Crippen LogP contribution is 2.23. The van der Waals surface area contributed by atoms with E-state index in [0.717, 1.165) is 24.5 Å². The molecule has 0 saturated heterocycles. The molecule has 0 atom stereocenters. The number of benzene rings is 2. The normalized spacial score (nSPS) is 13.1. The van der Waals surface area contributed by atoms with Crippen molar-refractivity contribution < 1.29 is 19.2 Å². The number of fused-ring (bicyclic) bond motifs is 1. The quantitative estimate of drug-likeness (QED) is 0.839. The summed E-state index contributed by atoms with van der Waals surface area (Å²) in [4.78, 5) is 0. The Morgan fingerprint density at radius 2 is 1.86 bits per heavy atom. The number of rotatable bonds is 4. The fourth-order valence-electron chi connectivity index (χ4n) is 2.70. The Balaban J connectivity index is 1.73. The van der Waals surface area contributed by atoms with Crippen LogP contribution in [0, 0.1) is 5.82 Å². The van der Waals surface area contributed by atoms with E-state index in [-0.39, 0.29) is 5.46 Å². The molecule has 0 aromatic heterocycles. The van der Waals surface area contributed by atoms with Crippen molar-refractivity contribution in [3.05, 3.63) is 58.9 Å². The average Bonchev–Trinajstić information content (AvgIpc) is 2.92. The van der Waals surface area contributed by atoms with Crippen LogP contribution in [0.5, 0.6) is 5.75 Å². The van der Waals surface area contributed by atoms with E-state index >= 15 is 0 Å². The topological polar surface area (TPSA) is 49.7 Å². The van der Waals surface area contributed by atoms with Crippen LogP contribution in [0.25, 0.3) is 0 Å². The average molecular weight is 286 g/mol. The molecule has 0 bridgehead atoms. The molecular formula is C16H16BFO3. The third kappa shape index (κ3) is 3.25. The number of aryl methyl sites for hydroxylation is 2. The van der Waals surface area contributed by atoms with Crippen LogP contribution < -0.4 is 10.2 Å². The molecule has 0 heterocycles. The van der Waals surface area contributed by atoms with Gasteiger partial charge in [0.25, 0.3) is 0 Å². The standard InChI is InChI=1S/C16H16BFO3/c18-15-7-14(17(19)20)8-16(9-15)21-10-11-4-5-12-2-1-3-13(12)6-11/h4-9,19-20H,1-3,10H2. The Bertz CT molecular complexity index is 658. The Kier molecular flexibility index (Phi) is 3.95. The first-order valence-corrected chi connectivity index (χ1v) is 7.02. The Morgan fingerprint density at radius 3 is 2.67 bits per heavy atom. The van der Waals surface area contributed by atoms with Crippen molar-refractivity contribution >= 4 is 12.6 Å². The lowest BCUT2D eigenvalue weighted by Crippen LogP contribution is -2.30. The molecule has 108 valence electrons. The first kappa shape index (κ1) is 14.1. The molecule has 1 aliphatic carbocycles. The maximum atomic E-state index is 13.4. The van der Waals surface area contributed by atoms with Crippen LogP contribution in [0.2, 0.25) is 0 Å². The van der Waals surface area contributed by atoms with Crippen LogP contribution in [0.4, 0.5) is 4.39 Å². The van der Waals surface area contributed by atoms with Gasteiger partial charge >= 0.3 is 7.12 Å². The third-order valence-electron chi connectivity index (χ3n) is 3.76. The van der Waals surface area contributed by atoms with Crippen molar-refractivity contribution in [1.29, 1.82) is 0 Å². The molecule has 3 nitrogen and oxygen atoms in total. The highest BCUT2D eigenvalue weighted by Gasteiger charge is 2.14. The molecule has 2 aromatic carbocycles. The van der Waals surface area contributed by atoms with E-state index in [1.54, 1.807) is 0 Å². The predicted molar refractivity (Wildman–Crippen MR) is 79.0 cm³/mol. The summed E-state index contributed by atoms with van der Waals surface area (Å²) in [7, 11) is -1.71. The van der Waals surface area contributed by atoms with Gasteiger partial charge in [-0.25, -0.2) is 4.39 Å². The maximum Gasteiger partial charge on any atom is 0.488 e. The number of hydrogen-bond acceptors (Lipinski definition) is 3. The van der Waals surface area contributed by atoms with Gasteiger partial charge in [-0.3, -0.25) is 0 Å². The van der Waals surface area contributed by atoms with Crippen molar-refractivity contribution in [1.82, 2.24) is 0 Å². The van der Waals surface area contributed by atoms with Crippen molar-refractivity contribution in [3.8, 4) is 5.75 Å². The molecule has 3 rings (SSSR count). The van der Waals surface area contributed by atoms with Gasteiger partial charge in [-0.05, 0) is 53.5 Å². The fraction of sp³-hybridized carbons (Fsp3) is 0.250. The monoisotopic (exact) mass is 286 g/mol. The molecule has 0 amide bonds. The van der Waals surface area contributed by atoms with E-state index in [9.17, 15) is 4.39 Å². The SMILES string of the molecule is OB(O)c1cc(F)cc(OCc2ccc3c(c2)CCC3)c1. The molecule has 0 fully saturated rings. The van der Waals surface area contributed by atoms with E-state index < -0.39 is 12.9 Å². The van der Waals surface area contributed by atoms with Gasteiger partial charge in [0.2, 0.25) is 0 Å². The second-order valence-corrected chi connectivity index (χ2v) is 5.34. The molecular weight excluding hydrogens is 270 g/mol. The minimum atomic E-state index is -1.71. The van der Waals surface area contributed by atoms with Gasteiger partial charge in [0.1, 0.15) is 18.2 Å². The molecule has 0 spiro atoms. The Labute approximate surface area is 123 Å². The Morgan fingerprint density at radius 1 is 1.05 bits per heavy atom. The maximum absolute atomic E-state index is 13.4. The fourth-order valence-corrected chi connectivity index (χ4v) is 2.70. The minimum absolute atomic E-state index is 0.0824. The second-order valence-electron chi connectivity index (χ2n) is 5.34. The number of ether oxygens (including phenoxy) is 1. The van der Waals surface area contributed by atoms with Crippen molar-refractivity contribution in [2.24, 2.45) is 0 Å². The summed E-state index contributed by atoms with van der Waals surface area (Å²) in [5, 5.41) is 18.2. The van der Waals surface area contributed by atoms with E-state index in [4.69, 9.17) is 14.8 Å². The highest BCUT2D eigenvalue weighted by atomic mass is 19.1. The summed E-state index contributed by atoms with van der Waals surface area (Å²) >= 11 is 0. The zero-order valence-electron chi connectivity index (χ0n) is 11.6. The van der Waals surface area contributed by atoms with Gasteiger partial charge in [0, 0.05) is 6.07 Å². The summed E-state index contributed by atoms with van der Waals surface area (Å²) in [6.45, 7) is 0.331. The molecule has 2 aromatic rings. The van der Waals surface area contributed by atoms with E-state index in [1.165, 1.54) is 29.7 Å². The summed E-state index contributed by atoms with van der Waals surface area (Å²) in [5.41, 5.74) is 3.88. The van der Waals surface area contributed by atoms with Crippen LogP contribution in [-0.2, 0) is 19.4 Å². The molecule has 21 heavy (non-hydrogen) atoms. The first-order valence-electron chi connectivity index (χ1n) is 7.02. The Hall–Kier alpha value is -1.85. The van der Waals surface area contributed by atoms with Gasteiger partial charge in [-0.15, -0.1) is 0 Å². The first-order chi connectivity index (χ1) is 10.1. The van der Waals surface area contributed by atoms with Gasteiger partial charge in [-0.2, -0.15) is 0 Å². The number of hydrogen-bond donors (Lipinski definition) is 2. The van der Waals surface area contributed by atoms with Crippen LogP contribution in [0.15, 0.2) is 36.4 Å². The van der Waals surface area contributed by atoms with E-state index in [1.807, 2.05) is 6.07 Å². The van der Waals surface area contributed by atoms with Crippen molar-refractivity contribution in [2.45, 2.75) is 25.9 Å². The molecule has 1 aliphatic rings. The predicted octanol–water partition coefficient (Wildman–Crippen LogP) is 1.57. The minimum Gasteiger partial charge on any atom is -0.489 e. The van der Waals surface area contributed by atoms with Crippen molar-refractivity contribution in [2.75, 3.05) is 0 Å². The molecule has 0 unspecified atom stereocenters. The number of halogens is 1. The molecule has 2 N–H and O–H groups in total. The third-order valence-corrected chi connectivity index (χ3v) is 3.76. The molecule has 0 saturated carbocycles. The largest absolute Gasteiger partial charge is 0.489 e. The zero-order valence-corrected chi connectivity index (χ0v) is 11.6. The lowest BCUT2D eigenvalue weighted by molar-refractivity contribution is 0.304. The molecule has 0 radical (unpaired) electrons.